The molecule has 2 bridgehead atoms. The van der Waals surface area contributed by atoms with Crippen LogP contribution in [0.4, 0.5) is 0 Å². The molecule has 4 fully saturated rings. The highest BCUT2D eigenvalue weighted by molar-refractivity contribution is 5.73. The summed E-state index contributed by atoms with van der Waals surface area (Å²) in [5.74, 6) is -2.95. The molecule has 0 saturated carbocycles. The average Bonchev–Trinajstić information content (AvgIpc) is 3.15. The van der Waals surface area contributed by atoms with Gasteiger partial charge < -0.3 is 68.0 Å². The van der Waals surface area contributed by atoms with Crippen molar-refractivity contribution in [1.82, 2.24) is 10.2 Å². The molecule has 4 rings (SSSR count). The summed E-state index contributed by atoms with van der Waals surface area (Å²) in [5.41, 5.74) is -4.27. The van der Waals surface area contributed by atoms with E-state index in [-0.39, 0.29) is 55.9 Å². The van der Waals surface area contributed by atoms with Crippen LogP contribution in [0.25, 0.3) is 0 Å². The number of hydrogen-bond acceptors (Lipinski definition) is 16. The first-order chi connectivity index (χ1) is 27.0. The second-order valence-electron chi connectivity index (χ2n) is 18.6. The topological polar surface area (TPSA) is 196 Å². The Balaban J connectivity index is 1.83. The summed E-state index contributed by atoms with van der Waals surface area (Å²) < 4.78 is 55.7. The van der Waals surface area contributed by atoms with Gasteiger partial charge in [-0.3, -0.25) is 10.1 Å². The summed E-state index contributed by atoms with van der Waals surface area (Å²) in [5, 5.41) is 51.5. The molecular weight excluding hydrogens is 756 g/mol. The average molecular weight is 835 g/mol. The van der Waals surface area contributed by atoms with Crippen molar-refractivity contribution in [3.8, 4) is 0 Å². The predicted molar refractivity (Wildman–Crippen MR) is 214 cm³/mol. The van der Waals surface area contributed by atoms with E-state index in [9.17, 15) is 25.2 Å². The molecule has 0 aromatic rings. The van der Waals surface area contributed by atoms with Crippen molar-refractivity contribution in [2.75, 3.05) is 48.1 Å². The maximum atomic E-state index is 14.5. The molecule has 4 heterocycles. The number of methoxy groups -OCH3 is 2. The van der Waals surface area contributed by atoms with Gasteiger partial charge in [0.2, 0.25) is 0 Å². The number of cyclic esters (lactones) is 1. The fourth-order valence-electron chi connectivity index (χ4n) is 10.0. The molecule has 0 aliphatic carbocycles. The monoisotopic (exact) mass is 835 g/mol. The number of carbonyl (C=O) groups excluding carboxylic acids is 1. The predicted octanol–water partition coefficient (Wildman–Crippen LogP) is 2.20. The zero-order chi connectivity index (χ0) is 43.5. The van der Waals surface area contributed by atoms with Crippen LogP contribution in [0.2, 0.25) is 0 Å². The minimum Gasteiger partial charge on any atom is -0.459 e. The van der Waals surface area contributed by atoms with E-state index in [0.717, 1.165) is 0 Å². The molecule has 0 aromatic carbocycles. The summed E-state index contributed by atoms with van der Waals surface area (Å²) in [7, 11) is 6.90. The molecule has 20 atom stereocenters. The second kappa shape index (κ2) is 20.4. The number of rotatable bonds is 12. The molecule has 3 unspecified atom stereocenters. The minimum absolute atomic E-state index is 0.137. The van der Waals surface area contributed by atoms with Crippen LogP contribution in [0.1, 0.15) is 94.9 Å². The maximum Gasteiger partial charge on any atom is 0.311 e. The van der Waals surface area contributed by atoms with E-state index < -0.39 is 96.1 Å². The Bertz CT molecular complexity index is 1290. The Morgan fingerprint density at radius 1 is 0.914 bits per heavy atom. The molecule has 16 nitrogen and oxygen atoms in total. The lowest BCUT2D eigenvalue weighted by Crippen LogP contribution is -2.67. The molecule has 0 amide bonds. The van der Waals surface area contributed by atoms with Crippen LogP contribution in [0.5, 0.6) is 0 Å². The summed E-state index contributed by atoms with van der Waals surface area (Å²) in [6.45, 7) is 19.1. The third-order valence-electron chi connectivity index (χ3n) is 13.5. The number of nitrogens with one attached hydrogen (secondary N) is 1. The van der Waals surface area contributed by atoms with Crippen molar-refractivity contribution in [2.24, 2.45) is 23.7 Å². The third-order valence-corrected chi connectivity index (χ3v) is 13.5. The highest BCUT2D eigenvalue weighted by Gasteiger charge is 2.55. The van der Waals surface area contributed by atoms with Gasteiger partial charge in [0.1, 0.15) is 30.1 Å². The van der Waals surface area contributed by atoms with Crippen molar-refractivity contribution < 1.29 is 67.9 Å². The van der Waals surface area contributed by atoms with Crippen molar-refractivity contribution in [3.05, 3.63) is 0 Å². The summed E-state index contributed by atoms with van der Waals surface area (Å²) in [6.07, 6.45) is -8.29. The van der Waals surface area contributed by atoms with Gasteiger partial charge in [-0.05, 0) is 80.8 Å². The van der Waals surface area contributed by atoms with E-state index in [1.807, 2.05) is 53.6 Å². The number of esters is 1. The smallest absolute Gasteiger partial charge is 0.311 e. The van der Waals surface area contributed by atoms with Crippen LogP contribution < -0.4 is 5.32 Å². The molecule has 4 aliphatic rings. The van der Waals surface area contributed by atoms with Crippen molar-refractivity contribution in [1.29, 1.82) is 0 Å². The molecule has 0 aromatic heterocycles. The summed E-state index contributed by atoms with van der Waals surface area (Å²) in [6, 6.07) is -0.593. The Hall–Kier alpha value is -1.09. The SMILES string of the molecule is CC[C@@H]1OC(=O)[C@H](C)[C@H](O[C@H]2C[C@@](C)(OC)[C@@H](O)[C@H](C)O2)[C@@H](C)[C@@H](O[C@@H]2O[C@H](C)C[C@H](N(C)C)[C@H]2O)C(C)(O)C[C@@H](C)[C@@H]2NC(COCCOC)OC([C@H]2C)[C@]1(C)O. The normalized spacial score (nSPS) is 48.7. The Kier molecular flexibility index (Phi) is 17.4. The van der Waals surface area contributed by atoms with Crippen LogP contribution in [-0.2, 0) is 47.4 Å². The fourth-order valence-corrected chi connectivity index (χ4v) is 10.0. The maximum absolute atomic E-state index is 14.5. The molecule has 4 saturated heterocycles. The lowest BCUT2D eigenvalue weighted by Gasteiger charge is -2.52. The third kappa shape index (κ3) is 11.1. The summed E-state index contributed by atoms with van der Waals surface area (Å²) in [4.78, 5) is 16.4. The molecular formula is C42H78N2O14. The molecule has 4 aliphatic heterocycles. The number of carbonyl (C=O) groups is 1. The number of aliphatic hydroxyl groups excluding tert-OH is 2. The molecule has 0 radical (unpaired) electrons. The van der Waals surface area contributed by atoms with Gasteiger partial charge in [0.15, 0.2) is 12.6 Å². The second-order valence-corrected chi connectivity index (χ2v) is 18.6. The minimum atomic E-state index is -1.64. The van der Waals surface area contributed by atoms with Crippen LogP contribution in [-0.4, -0.2) is 176 Å². The van der Waals surface area contributed by atoms with Crippen molar-refractivity contribution >= 4 is 5.97 Å². The molecule has 5 N–H and O–H groups in total. The van der Waals surface area contributed by atoms with Crippen LogP contribution in [0, 0.1) is 23.7 Å². The number of ether oxygens (including phenoxy) is 9. The number of fused-ring (bicyclic) bond motifs is 2. The van der Waals surface area contributed by atoms with Gasteiger partial charge in [-0.1, -0.05) is 27.7 Å². The van der Waals surface area contributed by atoms with E-state index in [0.29, 0.717) is 19.6 Å². The van der Waals surface area contributed by atoms with Gasteiger partial charge in [-0.2, -0.15) is 0 Å². The standard InChI is InChI=1S/C42H78N2O14/c1-15-29-42(10,49)37-24(4)32(43-30(56-37)21-52-17-16-50-13)22(2)19-40(8,48)36(58-39-33(45)28(44(11)12)18-23(3)53-39)25(5)34(26(6)38(47)55-29)57-31-20-41(9,51-14)35(46)27(7)54-31/h22-37,39,43,45-46,48-49H,15-21H2,1-14H3/t22-,23-,24+,25-,26-,27+,28+,29+,30?,31+,32+,33-,34-,35+,36-,37?,39+,40?,41-,42-/m1/s1. The van der Waals surface area contributed by atoms with E-state index in [4.69, 9.17) is 42.6 Å². The zero-order valence-corrected chi connectivity index (χ0v) is 37.6. The number of likely N-dealkylation sites (N-methyl/N-ethyl adjacent to an activating group) is 1. The largest absolute Gasteiger partial charge is 0.459 e. The molecule has 0 spiro atoms. The Morgan fingerprint density at radius 2 is 1.59 bits per heavy atom. The lowest BCUT2D eigenvalue weighted by molar-refractivity contribution is -0.318. The van der Waals surface area contributed by atoms with E-state index in [2.05, 4.69) is 5.32 Å². The van der Waals surface area contributed by atoms with E-state index >= 15 is 0 Å². The highest BCUT2D eigenvalue weighted by Crippen LogP contribution is 2.43. The first-order valence-corrected chi connectivity index (χ1v) is 21.4. The van der Waals surface area contributed by atoms with Crippen molar-refractivity contribution in [2.45, 2.75) is 191 Å². The molecule has 16 heteroatoms. The van der Waals surface area contributed by atoms with Gasteiger partial charge >= 0.3 is 5.97 Å². The Labute approximate surface area is 346 Å². The van der Waals surface area contributed by atoms with Gasteiger partial charge in [0.05, 0.1) is 67.5 Å². The fraction of sp³-hybridized carbons (Fsp3) is 0.976. The van der Waals surface area contributed by atoms with Crippen LogP contribution in [0.3, 0.4) is 0 Å². The van der Waals surface area contributed by atoms with Gasteiger partial charge in [-0.25, -0.2) is 0 Å². The number of hydrogen-bond donors (Lipinski definition) is 5. The Morgan fingerprint density at radius 3 is 2.19 bits per heavy atom. The van der Waals surface area contributed by atoms with E-state index in [1.54, 1.807) is 41.7 Å². The molecule has 340 valence electrons. The van der Waals surface area contributed by atoms with Crippen molar-refractivity contribution in [3.63, 3.8) is 0 Å². The van der Waals surface area contributed by atoms with Gasteiger partial charge in [0, 0.05) is 44.6 Å². The number of nitrogens with zero attached hydrogens (tertiary/aromatic N) is 1. The number of aliphatic hydroxyl groups is 4. The first kappa shape index (κ1) is 49.6. The van der Waals surface area contributed by atoms with Crippen LogP contribution in [0.15, 0.2) is 0 Å². The highest BCUT2D eigenvalue weighted by atomic mass is 16.7. The van der Waals surface area contributed by atoms with E-state index in [1.165, 1.54) is 7.11 Å². The molecule has 58 heavy (non-hydrogen) atoms. The lowest BCUT2D eigenvalue weighted by atomic mass is 9.71. The first-order valence-electron chi connectivity index (χ1n) is 21.4. The quantitative estimate of drug-likeness (QED) is 0.142. The zero-order valence-electron chi connectivity index (χ0n) is 37.6. The summed E-state index contributed by atoms with van der Waals surface area (Å²) >= 11 is 0. The van der Waals surface area contributed by atoms with Crippen LogP contribution >= 0.6 is 0 Å². The van der Waals surface area contributed by atoms with Gasteiger partial charge in [0.25, 0.3) is 0 Å². The van der Waals surface area contributed by atoms with Gasteiger partial charge in [-0.15, -0.1) is 0 Å².